The molecule has 1 unspecified atom stereocenters. The number of carbonyl (C=O) groups is 2. The average molecular weight is 377 g/mol. The highest BCUT2D eigenvalue weighted by Crippen LogP contribution is 2.25. The van der Waals surface area contributed by atoms with Crippen LogP contribution in [-0.2, 0) is 9.59 Å². The third-order valence-corrected chi connectivity index (χ3v) is 4.98. The van der Waals surface area contributed by atoms with Gasteiger partial charge in [0.15, 0.2) is 0 Å². The highest BCUT2D eigenvalue weighted by Gasteiger charge is 2.16. The van der Waals surface area contributed by atoms with Crippen LogP contribution in [0, 0.1) is 13.8 Å². The minimum Gasteiger partial charge on any atom is -0.346 e. The van der Waals surface area contributed by atoms with Crippen molar-refractivity contribution in [1.29, 1.82) is 0 Å². The molecule has 0 aliphatic heterocycles. The molecule has 0 heterocycles. The van der Waals surface area contributed by atoms with Gasteiger partial charge in [0.05, 0.1) is 11.8 Å². The van der Waals surface area contributed by atoms with E-state index in [9.17, 15) is 9.59 Å². The van der Waals surface area contributed by atoms with Crippen LogP contribution in [0.4, 0.5) is 5.69 Å². The van der Waals surface area contributed by atoms with E-state index in [0.717, 1.165) is 21.7 Å². The molecule has 2 rings (SSSR count). The quantitative estimate of drug-likeness (QED) is 0.743. The Kier molecular flexibility index (Phi) is 6.91. The lowest BCUT2D eigenvalue weighted by Crippen LogP contribution is -2.37. The number of nitrogens with one attached hydrogen (secondary N) is 2. The fourth-order valence-corrected chi connectivity index (χ4v) is 3.51. The molecule has 2 aromatic carbocycles. The molecular weight excluding hydrogens is 356 g/mol. The standard InChI is InChI=1S/C19H21ClN2O2S/c1-12-6-4-7-13(2)18(12)22-17(23)11-21-19(24)14(3)25-16-9-5-8-15(20)10-16/h4-10,14H,11H2,1-3H3,(H,21,24)(H,22,23). The largest absolute Gasteiger partial charge is 0.346 e. The zero-order valence-electron chi connectivity index (χ0n) is 14.4. The zero-order valence-corrected chi connectivity index (χ0v) is 16.0. The van der Waals surface area contributed by atoms with Crippen LogP contribution in [0.3, 0.4) is 0 Å². The topological polar surface area (TPSA) is 58.2 Å². The van der Waals surface area contributed by atoms with E-state index in [-0.39, 0.29) is 23.6 Å². The van der Waals surface area contributed by atoms with E-state index in [2.05, 4.69) is 10.6 Å². The minimum atomic E-state index is -0.327. The number of rotatable bonds is 6. The van der Waals surface area contributed by atoms with Crippen LogP contribution >= 0.6 is 23.4 Å². The summed E-state index contributed by atoms with van der Waals surface area (Å²) >= 11 is 7.34. The van der Waals surface area contributed by atoms with Gasteiger partial charge in [-0.1, -0.05) is 35.9 Å². The van der Waals surface area contributed by atoms with E-state index >= 15 is 0 Å². The Balaban J connectivity index is 1.85. The van der Waals surface area contributed by atoms with Crippen molar-refractivity contribution in [2.24, 2.45) is 0 Å². The van der Waals surface area contributed by atoms with Gasteiger partial charge in [-0.15, -0.1) is 11.8 Å². The molecule has 0 aliphatic carbocycles. The van der Waals surface area contributed by atoms with Crippen molar-refractivity contribution in [1.82, 2.24) is 5.32 Å². The number of carbonyl (C=O) groups excluding carboxylic acids is 2. The Morgan fingerprint density at radius 1 is 1.12 bits per heavy atom. The van der Waals surface area contributed by atoms with E-state index in [0.29, 0.717) is 5.02 Å². The number of amides is 2. The third-order valence-electron chi connectivity index (χ3n) is 3.65. The summed E-state index contributed by atoms with van der Waals surface area (Å²) in [5.74, 6) is -0.438. The lowest BCUT2D eigenvalue weighted by Gasteiger charge is -2.14. The third kappa shape index (κ3) is 5.80. The van der Waals surface area contributed by atoms with Gasteiger partial charge in [0.25, 0.3) is 0 Å². The Labute approximate surface area is 157 Å². The van der Waals surface area contributed by atoms with Crippen molar-refractivity contribution in [2.45, 2.75) is 30.9 Å². The number of aryl methyl sites for hydroxylation is 2. The van der Waals surface area contributed by atoms with E-state index in [1.807, 2.05) is 50.2 Å². The Morgan fingerprint density at radius 3 is 2.40 bits per heavy atom. The Bertz CT molecular complexity index is 760. The molecule has 0 saturated carbocycles. The molecule has 4 nitrogen and oxygen atoms in total. The molecule has 0 radical (unpaired) electrons. The normalized spacial score (nSPS) is 11.7. The molecule has 0 saturated heterocycles. The SMILES string of the molecule is Cc1cccc(C)c1NC(=O)CNC(=O)C(C)Sc1cccc(Cl)c1. The Morgan fingerprint density at radius 2 is 1.76 bits per heavy atom. The first-order chi connectivity index (χ1) is 11.9. The second-order valence-corrected chi connectivity index (χ2v) is 7.60. The summed E-state index contributed by atoms with van der Waals surface area (Å²) in [6.45, 7) is 5.60. The number of benzene rings is 2. The fraction of sp³-hybridized carbons (Fsp3) is 0.263. The number of hydrogen-bond donors (Lipinski definition) is 2. The maximum atomic E-state index is 12.2. The van der Waals surface area contributed by atoms with Crippen molar-refractivity contribution in [2.75, 3.05) is 11.9 Å². The second-order valence-electron chi connectivity index (χ2n) is 5.75. The lowest BCUT2D eigenvalue weighted by atomic mass is 10.1. The monoisotopic (exact) mass is 376 g/mol. The summed E-state index contributed by atoms with van der Waals surface area (Å²) in [6, 6.07) is 13.1. The predicted molar refractivity (Wildman–Crippen MR) is 104 cm³/mol. The molecule has 2 N–H and O–H groups in total. The fourth-order valence-electron chi connectivity index (χ4n) is 2.30. The number of para-hydroxylation sites is 1. The molecule has 0 aliphatic rings. The molecule has 0 bridgehead atoms. The summed E-state index contributed by atoms with van der Waals surface area (Å²) in [7, 11) is 0. The van der Waals surface area contributed by atoms with Crippen molar-refractivity contribution in [3.63, 3.8) is 0 Å². The predicted octanol–water partition coefficient (Wildman–Crippen LogP) is 4.19. The summed E-state index contributed by atoms with van der Waals surface area (Å²) in [5, 5.41) is 5.83. The van der Waals surface area contributed by atoms with Crippen molar-refractivity contribution >= 4 is 40.9 Å². The van der Waals surface area contributed by atoms with Gasteiger partial charge in [-0.2, -0.15) is 0 Å². The van der Waals surface area contributed by atoms with E-state index < -0.39 is 0 Å². The molecule has 0 spiro atoms. The first-order valence-corrected chi connectivity index (χ1v) is 9.18. The first kappa shape index (κ1) is 19.3. The lowest BCUT2D eigenvalue weighted by molar-refractivity contribution is -0.123. The molecule has 0 fully saturated rings. The summed E-state index contributed by atoms with van der Waals surface area (Å²) in [5.41, 5.74) is 2.78. The highest BCUT2D eigenvalue weighted by atomic mass is 35.5. The summed E-state index contributed by atoms with van der Waals surface area (Å²) < 4.78 is 0. The van der Waals surface area contributed by atoms with Crippen molar-refractivity contribution in [3.05, 3.63) is 58.6 Å². The van der Waals surface area contributed by atoms with Gasteiger partial charge in [0, 0.05) is 15.6 Å². The van der Waals surface area contributed by atoms with Crippen LogP contribution in [0.5, 0.6) is 0 Å². The Hall–Kier alpha value is -1.98. The molecule has 25 heavy (non-hydrogen) atoms. The molecule has 2 aromatic rings. The van der Waals surface area contributed by atoms with Gasteiger partial charge >= 0.3 is 0 Å². The van der Waals surface area contributed by atoms with Gasteiger partial charge in [-0.3, -0.25) is 9.59 Å². The molecule has 6 heteroatoms. The van der Waals surface area contributed by atoms with Crippen molar-refractivity contribution < 1.29 is 9.59 Å². The van der Waals surface area contributed by atoms with Crippen LogP contribution in [0.25, 0.3) is 0 Å². The van der Waals surface area contributed by atoms with Crippen LogP contribution in [0.15, 0.2) is 47.4 Å². The molecule has 2 amide bonds. The van der Waals surface area contributed by atoms with Gasteiger partial charge in [-0.05, 0) is 50.1 Å². The van der Waals surface area contributed by atoms with Gasteiger partial charge in [0.2, 0.25) is 11.8 Å². The van der Waals surface area contributed by atoms with Crippen LogP contribution in [0.2, 0.25) is 5.02 Å². The van der Waals surface area contributed by atoms with Gasteiger partial charge < -0.3 is 10.6 Å². The van der Waals surface area contributed by atoms with Crippen molar-refractivity contribution in [3.8, 4) is 0 Å². The highest BCUT2D eigenvalue weighted by molar-refractivity contribution is 8.00. The number of halogens is 1. The second kappa shape index (κ2) is 8.92. The first-order valence-electron chi connectivity index (χ1n) is 7.93. The van der Waals surface area contributed by atoms with Crippen LogP contribution in [-0.4, -0.2) is 23.6 Å². The summed E-state index contributed by atoms with van der Waals surface area (Å²) in [4.78, 5) is 25.2. The van der Waals surface area contributed by atoms with E-state index in [4.69, 9.17) is 11.6 Å². The number of thioether (sulfide) groups is 1. The van der Waals surface area contributed by atoms with E-state index in [1.165, 1.54) is 11.8 Å². The number of anilines is 1. The maximum absolute atomic E-state index is 12.2. The molecular formula is C19H21ClN2O2S. The average Bonchev–Trinajstić information content (AvgIpc) is 2.56. The molecule has 0 aromatic heterocycles. The van der Waals surface area contributed by atoms with Gasteiger partial charge in [-0.25, -0.2) is 0 Å². The zero-order chi connectivity index (χ0) is 18.4. The smallest absolute Gasteiger partial charge is 0.243 e. The molecule has 1 atom stereocenters. The maximum Gasteiger partial charge on any atom is 0.243 e. The summed E-state index contributed by atoms with van der Waals surface area (Å²) in [6.07, 6.45) is 0. The van der Waals surface area contributed by atoms with Crippen LogP contribution < -0.4 is 10.6 Å². The van der Waals surface area contributed by atoms with Crippen LogP contribution in [0.1, 0.15) is 18.1 Å². The number of hydrogen-bond acceptors (Lipinski definition) is 3. The van der Waals surface area contributed by atoms with E-state index in [1.54, 1.807) is 13.0 Å². The van der Waals surface area contributed by atoms with Gasteiger partial charge in [0.1, 0.15) is 0 Å². The molecule has 132 valence electrons. The minimum absolute atomic E-state index is 0.0624.